The summed E-state index contributed by atoms with van der Waals surface area (Å²) < 4.78 is 2.09. The number of hydrogen-bond acceptors (Lipinski definition) is 4. The van der Waals surface area contributed by atoms with Gasteiger partial charge in [0.05, 0.1) is 18.5 Å². The van der Waals surface area contributed by atoms with Gasteiger partial charge in [0, 0.05) is 30.9 Å². The molecule has 2 heterocycles. The first-order valence-electron chi connectivity index (χ1n) is 12.4. The molecule has 0 fully saturated rings. The summed E-state index contributed by atoms with van der Waals surface area (Å²) in [5.41, 5.74) is 5.38. The third-order valence-electron chi connectivity index (χ3n) is 6.58. The van der Waals surface area contributed by atoms with Crippen LogP contribution in [0.15, 0.2) is 108 Å². The van der Waals surface area contributed by atoms with Gasteiger partial charge >= 0.3 is 5.97 Å². The van der Waals surface area contributed by atoms with Crippen molar-refractivity contribution in [2.24, 2.45) is 11.1 Å². The number of nitrogens with zero attached hydrogens (tertiary/aromatic N) is 3. The van der Waals surface area contributed by atoms with Crippen LogP contribution in [0.5, 0.6) is 0 Å². The first-order valence-corrected chi connectivity index (χ1v) is 12.4. The Morgan fingerprint density at radius 2 is 1.51 bits per heavy atom. The van der Waals surface area contributed by atoms with Crippen molar-refractivity contribution in [3.8, 4) is 0 Å². The van der Waals surface area contributed by atoms with Crippen molar-refractivity contribution >= 4 is 23.3 Å². The van der Waals surface area contributed by atoms with Gasteiger partial charge < -0.3 is 14.3 Å². The van der Waals surface area contributed by atoms with Crippen molar-refractivity contribution in [3.63, 3.8) is 0 Å². The summed E-state index contributed by atoms with van der Waals surface area (Å²) in [5.74, 6) is -0.535. The van der Waals surface area contributed by atoms with E-state index in [1.807, 2.05) is 115 Å². The van der Waals surface area contributed by atoms with Crippen LogP contribution in [-0.2, 0) is 33.8 Å². The number of aromatic nitrogens is 1. The van der Waals surface area contributed by atoms with Crippen molar-refractivity contribution < 1.29 is 14.4 Å². The Labute approximate surface area is 216 Å². The minimum atomic E-state index is -0.419. The number of oxime groups is 1. The normalized spacial score (nSPS) is 15.4. The Hall–Kier alpha value is -4.45. The van der Waals surface area contributed by atoms with Crippen LogP contribution in [-0.4, -0.2) is 28.7 Å². The Balaban J connectivity index is 1.38. The van der Waals surface area contributed by atoms with E-state index in [1.54, 1.807) is 0 Å². The molecule has 0 unspecified atom stereocenters. The topological polar surface area (TPSA) is 63.9 Å². The standard InChI is InChI=1S/C31H29N3O3/c1-23-14-16-27(17-15-23)34(29(35)19-24-9-4-2-5-10-24)22-26-21-33-18-8-13-28(33)31(26)32-37-30(36)20-25-11-6-3-7-12-25/h2-18,26H,19-22H2,1H3/t26-/m0/s1. The fourth-order valence-electron chi connectivity index (χ4n) is 4.66. The van der Waals surface area contributed by atoms with E-state index in [9.17, 15) is 9.59 Å². The molecule has 1 aromatic heterocycles. The largest absolute Gasteiger partial charge is 0.346 e. The second-order valence-corrected chi connectivity index (χ2v) is 9.35. The van der Waals surface area contributed by atoms with Gasteiger partial charge in [0.15, 0.2) is 0 Å². The van der Waals surface area contributed by atoms with E-state index >= 15 is 0 Å². The number of amides is 1. The number of rotatable bonds is 8. The summed E-state index contributed by atoms with van der Waals surface area (Å²) in [4.78, 5) is 33.3. The van der Waals surface area contributed by atoms with Crippen molar-refractivity contribution in [2.45, 2.75) is 26.3 Å². The minimum Gasteiger partial charge on any atom is -0.346 e. The van der Waals surface area contributed by atoms with E-state index in [2.05, 4.69) is 9.72 Å². The average Bonchev–Trinajstić information content (AvgIpc) is 3.49. The Bertz CT molecular complexity index is 1390. The summed E-state index contributed by atoms with van der Waals surface area (Å²) in [7, 11) is 0. The number of carbonyl (C=O) groups excluding carboxylic acids is 2. The second kappa shape index (κ2) is 11.1. The molecule has 6 heteroatoms. The van der Waals surface area contributed by atoms with Gasteiger partial charge in [-0.1, -0.05) is 83.5 Å². The lowest BCUT2D eigenvalue weighted by Crippen LogP contribution is -2.38. The number of anilines is 1. The predicted molar refractivity (Wildman–Crippen MR) is 144 cm³/mol. The average molecular weight is 492 g/mol. The lowest BCUT2D eigenvalue weighted by Gasteiger charge is -2.26. The third kappa shape index (κ3) is 5.86. The number of carbonyl (C=O) groups is 2. The third-order valence-corrected chi connectivity index (χ3v) is 6.58. The molecule has 4 aromatic rings. The fraction of sp³-hybridized carbons (Fsp3) is 0.194. The Morgan fingerprint density at radius 1 is 0.865 bits per heavy atom. The lowest BCUT2D eigenvalue weighted by molar-refractivity contribution is -0.142. The monoisotopic (exact) mass is 491 g/mol. The van der Waals surface area contributed by atoms with Crippen LogP contribution in [0.4, 0.5) is 5.69 Å². The first kappa shape index (κ1) is 24.3. The zero-order valence-corrected chi connectivity index (χ0v) is 20.8. The molecule has 0 saturated carbocycles. The molecule has 0 aliphatic carbocycles. The molecule has 186 valence electrons. The molecular weight excluding hydrogens is 462 g/mol. The van der Waals surface area contributed by atoms with Gasteiger partial charge in [-0.2, -0.15) is 0 Å². The maximum absolute atomic E-state index is 13.6. The highest BCUT2D eigenvalue weighted by atomic mass is 16.7. The quantitative estimate of drug-likeness (QED) is 0.252. The maximum atomic E-state index is 13.6. The summed E-state index contributed by atoms with van der Waals surface area (Å²) >= 11 is 0. The van der Waals surface area contributed by atoms with Crippen LogP contribution in [0, 0.1) is 12.8 Å². The minimum absolute atomic E-state index is 0.00653. The van der Waals surface area contributed by atoms with Crippen molar-refractivity contribution in [1.29, 1.82) is 0 Å². The van der Waals surface area contributed by atoms with E-state index in [4.69, 9.17) is 4.84 Å². The van der Waals surface area contributed by atoms with Gasteiger partial charge in [0.2, 0.25) is 5.91 Å². The summed E-state index contributed by atoms with van der Waals surface area (Å²) in [6.45, 7) is 3.10. The summed E-state index contributed by atoms with van der Waals surface area (Å²) in [6, 6.07) is 31.1. The van der Waals surface area contributed by atoms with Gasteiger partial charge in [-0.05, 0) is 42.3 Å². The molecule has 1 amide bonds. The molecule has 0 radical (unpaired) electrons. The second-order valence-electron chi connectivity index (χ2n) is 9.35. The van der Waals surface area contributed by atoms with Gasteiger partial charge in [0.1, 0.15) is 5.71 Å². The van der Waals surface area contributed by atoms with Crippen LogP contribution in [0.25, 0.3) is 0 Å². The van der Waals surface area contributed by atoms with E-state index < -0.39 is 5.97 Å². The molecule has 1 aliphatic heterocycles. The SMILES string of the molecule is Cc1ccc(N(C[C@@H]2Cn3cccc3C2=NOC(=O)Cc2ccccc2)C(=O)Cc2ccccc2)cc1. The molecule has 3 aromatic carbocycles. The molecule has 1 aliphatic rings. The van der Waals surface area contributed by atoms with Gasteiger partial charge in [-0.15, -0.1) is 0 Å². The van der Waals surface area contributed by atoms with Crippen molar-refractivity contribution in [2.75, 3.05) is 11.4 Å². The lowest BCUT2D eigenvalue weighted by atomic mass is 10.0. The van der Waals surface area contributed by atoms with Gasteiger partial charge in [-0.3, -0.25) is 4.79 Å². The highest BCUT2D eigenvalue weighted by molar-refractivity contribution is 6.04. The van der Waals surface area contributed by atoms with E-state index in [0.29, 0.717) is 25.2 Å². The van der Waals surface area contributed by atoms with Crippen LogP contribution in [0.3, 0.4) is 0 Å². The molecular formula is C31H29N3O3. The molecule has 0 saturated heterocycles. The van der Waals surface area contributed by atoms with Crippen LogP contribution in [0.2, 0.25) is 0 Å². The summed E-state index contributed by atoms with van der Waals surface area (Å²) in [5, 5.41) is 4.33. The van der Waals surface area contributed by atoms with Crippen LogP contribution < -0.4 is 4.90 Å². The predicted octanol–water partition coefficient (Wildman–Crippen LogP) is 5.19. The van der Waals surface area contributed by atoms with Crippen molar-refractivity contribution in [1.82, 2.24) is 4.57 Å². The summed E-state index contributed by atoms with van der Waals surface area (Å²) in [6.07, 6.45) is 2.43. The number of hydrogen-bond donors (Lipinski definition) is 0. The van der Waals surface area contributed by atoms with E-state index in [1.165, 1.54) is 0 Å². The highest BCUT2D eigenvalue weighted by Crippen LogP contribution is 2.26. The van der Waals surface area contributed by atoms with Gasteiger partial charge in [0.25, 0.3) is 0 Å². The number of benzene rings is 3. The first-order chi connectivity index (χ1) is 18.1. The van der Waals surface area contributed by atoms with Crippen LogP contribution >= 0.6 is 0 Å². The smallest absolute Gasteiger partial charge is 0.339 e. The number of aryl methyl sites for hydroxylation is 1. The molecule has 37 heavy (non-hydrogen) atoms. The fourth-order valence-corrected chi connectivity index (χ4v) is 4.66. The number of fused-ring (bicyclic) bond motifs is 1. The molecule has 6 nitrogen and oxygen atoms in total. The zero-order valence-electron chi connectivity index (χ0n) is 20.8. The molecule has 0 bridgehead atoms. The molecule has 1 atom stereocenters. The maximum Gasteiger partial charge on any atom is 0.339 e. The Morgan fingerprint density at radius 3 is 2.19 bits per heavy atom. The molecule has 0 N–H and O–H groups in total. The molecule has 0 spiro atoms. The van der Waals surface area contributed by atoms with E-state index in [-0.39, 0.29) is 18.2 Å². The molecule has 5 rings (SSSR count). The zero-order chi connectivity index (χ0) is 25.6. The van der Waals surface area contributed by atoms with Crippen LogP contribution in [0.1, 0.15) is 22.4 Å². The van der Waals surface area contributed by atoms with Crippen molar-refractivity contribution in [3.05, 3.63) is 126 Å². The Kier molecular flexibility index (Phi) is 7.26. The van der Waals surface area contributed by atoms with Gasteiger partial charge in [-0.25, -0.2) is 4.79 Å². The van der Waals surface area contributed by atoms with E-state index in [0.717, 1.165) is 28.1 Å². The highest BCUT2D eigenvalue weighted by Gasteiger charge is 2.33.